The van der Waals surface area contributed by atoms with Crippen LogP contribution in [0.4, 0.5) is 10.1 Å². The van der Waals surface area contributed by atoms with E-state index < -0.39 is 23.6 Å². The van der Waals surface area contributed by atoms with Gasteiger partial charge in [-0.2, -0.15) is 10.1 Å². The van der Waals surface area contributed by atoms with Crippen LogP contribution in [0.1, 0.15) is 6.92 Å². The lowest BCUT2D eigenvalue weighted by atomic mass is 10.1. The van der Waals surface area contributed by atoms with Crippen molar-refractivity contribution in [2.45, 2.75) is 6.92 Å². The molecular formula is C12H11FN2O3. The molecule has 1 aliphatic heterocycles. The third kappa shape index (κ3) is 2.22. The second kappa shape index (κ2) is 4.95. The molecule has 2 rings (SSSR count). The molecule has 94 valence electrons. The normalized spacial score (nSPS) is 18.2. The number of esters is 1. The molecule has 5 nitrogen and oxygen atoms in total. The van der Waals surface area contributed by atoms with Gasteiger partial charge in [0.05, 0.1) is 12.3 Å². The molecule has 0 fully saturated rings. The Balaban J connectivity index is 2.18. The number of carbonyl (C=O) groups is 2. The van der Waals surface area contributed by atoms with Gasteiger partial charge < -0.3 is 4.74 Å². The number of hydrazone groups is 1. The Morgan fingerprint density at radius 1 is 1.56 bits per heavy atom. The minimum Gasteiger partial charge on any atom is -0.465 e. The molecule has 1 atom stereocenters. The van der Waals surface area contributed by atoms with Gasteiger partial charge in [-0.1, -0.05) is 6.07 Å². The van der Waals surface area contributed by atoms with Crippen LogP contribution in [0.25, 0.3) is 0 Å². The first-order valence-electron chi connectivity index (χ1n) is 5.43. The fraction of sp³-hybridized carbons (Fsp3) is 0.250. The van der Waals surface area contributed by atoms with Crippen molar-refractivity contribution in [3.8, 4) is 0 Å². The molecule has 0 saturated carbocycles. The molecule has 0 N–H and O–H groups in total. The SMILES string of the molecule is CCOC(=O)C1C=NN(c2cccc(F)c2)C1=O. The van der Waals surface area contributed by atoms with Gasteiger partial charge in [0.15, 0.2) is 5.92 Å². The largest absolute Gasteiger partial charge is 0.465 e. The molecule has 0 aliphatic carbocycles. The summed E-state index contributed by atoms with van der Waals surface area (Å²) in [7, 11) is 0. The molecule has 1 heterocycles. The van der Waals surface area contributed by atoms with E-state index in [4.69, 9.17) is 4.74 Å². The van der Waals surface area contributed by atoms with E-state index in [0.717, 1.165) is 5.01 Å². The topological polar surface area (TPSA) is 59.0 Å². The van der Waals surface area contributed by atoms with E-state index in [1.54, 1.807) is 6.92 Å². The Morgan fingerprint density at radius 3 is 3.00 bits per heavy atom. The van der Waals surface area contributed by atoms with Crippen LogP contribution in [-0.2, 0) is 14.3 Å². The number of benzene rings is 1. The van der Waals surface area contributed by atoms with Crippen molar-refractivity contribution in [3.05, 3.63) is 30.1 Å². The first-order chi connectivity index (χ1) is 8.63. The predicted molar refractivity (Wildman–Crippen MR) is 62.5 cm³/mol. The summed E-state index contributed by atoms with van der Waals surface area (Å²) in [4.78, 5) is 23.4. The highest BCUT2D eigenvalue weighted by atomic mass is 19.1. The lowest BCUT2D eigenvalue weighted by Gasteiger charge is -2.13. The Labute approximate surface area is 103 Å². The zero-order valence-corrected chi connectivity index (χ0v) is 9.67. The first kappa shape index (κ1) is 12.2. The average molecular weight is 250 g/mol. The number of anilines is 1. The van der Waals surface area contributed by atoms with Gasteiger partial charge in [-0.15, -0.1) is 0 Å². The molecule has 0 saturated heterocycles. The van der Waals surface area contributed by atoms with Crippen LogP contribution >= 0.6 is 0 Å². The van der Waals surface area contributed by atoms with Gasteiger partial charge in [0.2, 0.25) is 0 Å². The van der Waals surface area contributed by atoms with Gasteiger partial charge in [0.1, 0.15) is 5.82 Å². The number of ether oxygens (including phenoxy) is 1. The van der Waals surface area contributed by atoms with Crippen molar-refractivity contribution >= 4 is 23.8 Å². The van der Waals surface area contributed by atoms with Crippen molar-refractivity contribution < 1.29 is 18.7 Å². The standard InChI is InChI=1S/C12H11FN2O3/c1-2-18-12(17)10-7-14-15(11(10)16)9-5-3-4-8(13)6-9/h3-7,10H,2H2,1H3. The molecule has 18 heavy (non-hydrogen) atoms. The lowest BCUT2D eigenvalue weighted by molar-refractivity contribution is -0.147. The molecule has 1 aromatic carbocycles. The van der Waals surface area contributed by atoms with Crippen LogP contribution in [0.2, 0.25) is 0 Å². The third-order valence-electron chi connectivity index (χ3n) is 2.40. The van der Waals surface area contributed by atoms with Crippen molar-refractivity contribution in [1.29, 1.82) is 0 Å². The lowest BCUT2D eigenvalue weighted by Crippen LogP contribution is -2.32. The third-order valence-corrected chi connectivity index (χ3v) is 2.40. The fourth-order valence-electron chi connectivity index (χ4n) is 1.58. The summed E-state index contributed by atoms with van der Waals surface area (Å²) in [6, 6.07) is 5.43. The van der Waals surface area contributed by atoms with Crippen LogP contribution in [0.3, 0.4) is 0 Å². The van der Waals surface area contributed by atoms with E-state index in [0.29, 0.717) is 0 Å². The van der Waals surface area contributed by atoms with Crippen molar-refractivity contribution in [1.82, 2.24) is 0 Å². The molecule has 1 aliphatic rings. The molecule has 1 unspecified atom stereocenters. The predicted octanol–water partition coefficient (Wildman–Crippen LogP) is 1.34. The Bertz CT molecular complexity index is 516. The second-order valence-corrected chi connectivity index (χ2v) is 3.62. The van der Waals surface area contributed by atoms with Crippen molar-refractivity contribution in [3.63, 3.8) is 0 Å². The van der Waals surface area contributed by atoms with Gasteiger partial charge in [-0.3, -0.25) is 9.59 Å². The molecule has 0 radical (unpaired) electrons. The number of hydrogen-bond acceptors (Lipinski definition) is 4. The Hall–Kier alpha value is -2.24. The molecular weight excluding hydrogens is 239 g/mol. The van der Waals surface area contributed by atoms with Crippen molar-refractivity contribution in [2.24, 2.45) is 11.0 Å². The maximum atomic E-state index is 13.0. The van der Waals surface area contributed by atoms with E-state index in [1.807, 2.05) is 0 Å². The number of carbonyl (C=O) groups excluding carboxylic acids is 2. The smallest absolute Gasteiger partial charge is 0.324 e. The van der Waals surface area contributed by atoms with Gasteiger partial charge in [-0.05, 0) is 25.1 Å². The highest BCUT2D eigenvalue weighted by molar-refractivity contribution is 6.19. The van der Waals surface area contributed by atoms with Crippen LogP contribution in [0.15, 0.2) is 29.4 Å². The van der Waals surface area contributed by atoms with E-state index in [9.17, 15) is 14.0 Å². The zero-order chi connectivity index (χ0) is 13.1. The van der Waals surface area contributed by atoms with Gasteiger partial charge in [0, 0.05) is 6.21 Å². The number of amides is 1. The zero-order valence-electron chi connectivity index (χ0n) is 9.67. The highest BCUT2D eigenvalue weighted by Crippen LogP contribution is 2.22. The average Bonchev–Trinajstić information content (AvgIpc) is 2.71. The van der Waals surface area contributed by atoms with Crippen LogP contribution in [0, 0.1) is 11.7 Å². The summed E-state index contributed by atoms with van der Waals surface area (Å²) >= 11 is 0. The fourth-order valence-corrected chi connectivity index (χ4v) is 1.58. The van der Waals surface area contributed by atoms with E-state index >= 15 is 0 Å². The monoisotopic (exact) mass is 250 g/mol. The molecule has 6 heteroatoms. The van der Waals surface area contributed by atoms with Gasteiger partial charge in [-0.25, -0.2) is 4.39 Å². The molecule has 1 aromatic rings. The highest BCUT2D eigenvalue weighted by Gasteiger charge is 2.36. The van der Waals surface area contributed by atoms with E-state index in [2.05, 4.69) is 5.10 Å². The molecule has 0 aromatic heterocycles. The summed E-state index contributed by atoms with van der Waals surface area (Å²) in [6.45, 7) is 1.84. The summed E-state index contributed by atoms with van der Waals surface area (Å²) in [5.74, 6) is -2.72. The van der Waals surface area contributed by atoms with E-state index in [-0.39, 0.29) is 12.3 Å². The molecule has 0 bridgehead atoms. The van der Waals surface area contributed by atoms with Crippen LogP contribution in [0.5, 0.6) is 0 Å². The number of rotatable bonds is 3. The number of hydrogen-bond donors (Lipinski definition) is 0. The minimum absolute atomic E-state index is 0.191. The maximum Gasteiger partial charge on any atom is 0.324 e. The number of nitrogens with zero attached hydrogens (tertiary/aromatic N) is 2. The summed E-state index contributed by atoms with van der Waals surface area (Å²) in [5, 5.41) is 4.79. The number of halogens is 1. The van der Waals surface area contributed by atoms with E-state index in [1.165, 1.54) is 30.5 Å². The van der Waals surface area contributed by atoms with Crippen LogP contribution in [-0.4, -0.2) is 24.7 Å². The van der Waals surface area contributed by atoms with Gasteiger partial charge >= 0.3 is 5.97 Å². The quantitative estimate of drug-likeness (QED) is 0.600. The summed E-state index contributed by atoms with van der Waals surface area (Å²) in [5.41, 5.74) is 0.281. The molecule has 0 spiro atoms. The first-order valence-corrected chi connectivity index (χ1v) is 5.43. The second-order valence-electron chi connectivity index (χ2n) is 3.62. The Morgan fingerprint density at radius 2 is 2.33 bits per heavy atom. The summed E-state index contributed by atoms with van der Waals surface area (Å²) in [6.07, 6.45) is 1.20. The summed E-state index contributed by atoms with van der Waals surface area (Å²) < 4.78 is 17.8. The van der Waals surface area contributed by atoms with Crippen molar-refractivity contribution in [2.75, 3.05) is 11.6 Å². The minimum atomic E-state index is -1.05. The molecule has 1 amide bonds. The maximum absolute atomic E-state index is 13.0. The Kier molecular flexibility index (Phi) is 3.36. The van der Waals surface area contributed by atoms with Gasteiger partial charge in [0.25, 0.3) is 5.91 Å². The van der Waals surface area contributed by atoms with Crippen LogP contribution < -0.4 is 5.01 Å².